The van der Waals surface area contributed by atoms with E-state index < -0.39 is 0 Å². The Hall–Kier alpha value is -1.22. The minimum Gasteiger partial charge on any atom is -0.497 e. The summed E-state index contributed by atoms with van der Waals surface area (Å²) in [5.74, 6) is 1.73. The lowest BCUT2D eigenvalue weighted by Gasteiger charge is -2.41. The van der Waals surface area contributed by atoms with E-state index in [2.05, 4.69) is 13.8 Å². The summed E-state index contributed by atoms with van der Waals surface area (Å²) in [6.45, 7) is 4.40. The van der Waals surface area contributed by atoms with Gasteiger partial charge in [-0.3, -0.25) is 0 Å². The minimum absolute atomic E-state index is 0.0627. The highest BCUT2D eigenvalue weighted by Crippen LogP contribution is 2.44. The first-order valence-electron chi connectivity index (χ1n) is 7.26. The third-order valence-electron chi connectivity index (χ3n) is 3.95. The van der Waals surface area contributed by atoms with Crippen LogP contribution in [0.25, 0.3) is 0 Å². The Balaban J connectivity index is 2.34. The highest BCUT2D eigenvalue weighted by Gasteiger charge is 2.38. The van der Waals surface area contributed by atoms with Gasteiger partial charge in [0, 0.05) is 24.1 Å². The molecule has 0 radical (unpaired) electrons. The molecule has 3 nitrogen and oxygen atoms in total. The van der Waals surface area contributed by atoms with Crippen molar-refractivity contribution < 1.29 is 9.47 Å². The molecule has 0 amide bonds. The Morgan fingerprint density at radius 3 is 2.58 bits per heavy atom. The Bertz CT molecular complexity index is 425. The van der Waals surface area contributed by atoms with E-state index in [4.69, 9.17) is 15.2 Å². The Morgan fingerprint density at radius 2 is 2.00 bits per heavy atom. The third-order valence-corrected chi connectivity index (χ3v) is 3.95. The zero-order valence-corrected chi connectivity index (χ0v) is 12.2. The summed E-state index contributed by atoms with van der Waals surface area (Å²) in [5.41, 5.74) is 7.36. The van der Waals surface area contributed by atoms with Crippen LogP contribution in [0.2, 0.25) is 0 Å². The second kappa shape index (κ2) is 5.83. The van der Waals surface area contributed by atoms with Crippen molar-refractivity contribution in [2.24, 2.45) is 5.73 Å². The van der Waals surface area contributed by atoms with Gasteiger partial charge in [0.05, 0.1) is 7.11 Å². The average Bonchev–Trinajstić information content (AvgIpc) is 2.38. The maximum atomic E-state index is 6.35. The number of hydrogen-bond donors (Lipinski definition) is 1. The molecule has 1 heterocycles. The van der Waals surface area contributed by atoms with E-state index in [1.165, 1.54) is 0 Å². The summed E-state index contributed by atoms with van der Waals surface area (Å²) in [4.78, 5) is 0. The largest absolute Gasteiger partial charge is 0.497 e. The smallest absolute Gasteiger partial charge is 0.128 e. The second-order valence-electron chi connectivity index (χ2n) is 5.50. The van der Waals surface area contributed by atoms with Crippen LogP contribution in [0.4, 0.5) is 0 Å². The van der Waals surface area contributed by atoms with E-state index in [1.807, 2.05) is 18.2 Å². The summed E-state index contributed by atoms with van der Waals surface area (Å²) in [6, 6.07) is 6.01. The average molecular weight is 263 g/mol. The van der Waals surface area contributed by atoms with Crippen LogP contribution in [0.1, 0.15) is 57.6 Å². The van der Waals surface area contributed by atoms with Crippen molar-refractivity contribution >= 4 is 0 Å². The molecule has 3 heteroatoms. The zero-order valence-electron chi connectivity index (χ0n) is 12.2. The number of hydrogen-bond acceptors (Lipinski definition) is 3. The zero-order chi connectivity index (χ0) is 13.9. The number of methoxy groups -OCH3 is 1. The lowest BCUT2D eigenvalue weighted by molar-refractivity contribution is 0.0177. The van der Waals surface area contributed by atoms with E-state index in [1.54, 1.807) is 7.11 Å². The fraction of sp³-hybridized carbons (Fsp3) is 0.625. The Labute approximate surface area is 116 Å². The van der Waals surface area contributed by atoms with Crippen LogP contribution in [0.15, 0.2) is 18.2 Å². The second-order valence-corrected chi connectivity index (χ2v) is 5.50. The molecule has 2 N–H and O–H groups in total. The lowest BCUT2D eigenvalue weighted by atomic mass is 9.81. The molecule has 0 saturated heterocycles. The summed E-state index contributed by atoms with van der Waals surface area (Å²) < 4.78 is 11.6. The van der Waals surface area contributed by atoms with Crippen LogP contribution >= 0.6 is 0 Å². The van der Waals surface area contributed by atoms with Gasteiger partial charge in [-0.2, -0.15) is 0 Å². The van der Waals surface area contributed by atoms with Crippen molar-refractivity contribution in [3.05, 3.63) is 23.8 Å². The molecule has 19 heavy (non-hydrogen) atoms. The summed E-state index contributed by atoms with van der Waals surface area (Å²) in [6.07, 6.45) is 5.27. The van der Waals surface area contributed by atoms with Crippen molar-refractivity contribution in [2.45, 2.75) is 57.6 Å². The van der Waals surface area contributed by atoms with Crippen LogP contribution in [0.5, 0.6) is 11.5 Å². The molecule has 0 spiro atoms. The Morgan fingerprint density at radius 1 is 1.32 bits per heavy atom. The molecule has 1 aliphatic rings. The molecule has 0 aliphatic carbocycles. The predicted molar refractivity (Wildman–Crippen MR) is 77.7 cm³/mol. The molecule has 0 aromatic heterocycles. The fourth-order valence-corrected chi connectivity index (χ4v) is 3.16. The van der Waals surface area contributed by atoms with E-state index in [-0.39, 0.29) is 11.6 Å². The highest BCUT2D eigenvalue weighted by atomic mass is 16.5. The molecule has 0 bridgehead atoms. The number of ether oxygens (including phenoxy) is 2. The number of rotatable bonds is 5. The molecule has 1 aromatic carbocycles. The minimum atomic E-state index is -0.0950. The van der Waals surface area contributed by atoms with Crippen molar-refractivity contribution in [1.82, 2.24) is 0 Å². The fourth-order valence-electron chi connectivity index (χ4n) is 3.16. The van der Waals surface area contributed by atoms with E-state index in [9.17, 15) is 0 Å². The van der Waals surface area contributed by atoms with E-state index >= 15 is 0 Å². The summed E-state index contributed by atoms with van der Waals surface area (Å²) >= 11 is 0. The normalized spacial score (nSPS) is 20.5. The van der Waals surface area contributed by atoms with Gasteiger partial charge in [-0.05, 0) is 18.9 Å². The Kier molecular flexibility index (Phi) is 4.35. The molecule has 1 aliphatic heterocycles. The summed E-state index contributed by atoms with van der Waals surface area (Å²) in [7, 11) is 1.68. The SMILES string of the molecule is CCCC1(CCC)CC(N)c2ccc(OC)cc2O1. The first-order valence-corrected chi connectivity index (χ1v) is 7.26. The molecule has 1 unspecified atom stereocenters. The van der Waals surface area contributed by atoms with Gasteiger partial charge < -0.3 is 15.2 Å². The number of nitrogens with two attached hydrogens (primary N) is 1. The number of fused-ring (bicyclic) bond motifs is 1. The van der Waals surface area contributed by atoms with Gasteiger partial charge in [-0.1, -0.05) is 32.8 Å². The van der Waals surface area contributed by atoms with Gasteiger partial charge in [0.2, 0.25) is 0 Å². The van der Waals surface area contributed by atoms with E-state index in [0.717, 1.165) is 49.2 Å². The van der Waals surface area contributed by atoms with Gasteiger partial charge in [-0.25, -0.2) is 0 Å². The molecular formula is C16H25NO2. The summed E-state index contributed by atoms with van der Waals surface area (Å²) in [5, 5.41) is 0. The van der Waals surface area contributed by atoms with Gasteiger partial charge >= 0.3 is 0 Å². The van der Waals surface area contributed by atoms with E-state index in [0.29, 0.717) is 0 Å². The molecular weight excluding hydrogens is 238 g/mol. The third kappa shape index (κ3) is 2.86. The van der Waals surface area contributed by atoms with Gasteiger partial charge in [0.15, 0.2) is 0 Å². The van der Waals surface area contributed by atoms with Crippen LogP contribution in [0.3, 0.4) is 0 Å². The van der Waals surface area contributed by atoms with Crippen molar-refractivity contribution in [3.63, 3.8) is 0 Å². The molecule has 0 fully saturated rings. The van der Waals surface area contributed by atoms with Crippen LogP contribution in [-0.2, 0) is 0 Å². The predicted octanol–water partition coefficient (Wildman–Crippen LogP) is 3.82. The first-order chi connectivity index (χ1) is 9.14. The van der Waals surface area contributed by atoms with Crippen LogP contribution in [0, 0.1) is 0 Å². The van der Waals surface area contributed by atoms with Gasteiger partial charge in [-0.15, -0.1) is 0 Å². The monoisotopic (exact) mass is 263 g/mol. The molecule has 106 valence electrons. The standard InChI is InChI=1S/C16H25NO2/c1-4-8-16(9-5-2)11-14(17)13-7-6-12(18-3)10-15(13)19-16/h6-7,10,14H,4-5,8-9,11,17H2,1-3H3. The number of benzene rings is 1. The van der Waals surface area contributed by atoms with Crippen molar-refractivity contribution in [2.75, 3.05) is 7.11 Å². The van der Waals surface area contributed by atoms with Crippen LogP contribution in [-0.4, -0.2) is 12.7 Å². The lowest BCUT2D eigenvalue weighted by Crippen LogP contribution is -2.42. The quantitative estimate of drug-likeness (QED) is 0.878. The highest BCUT2D eigenvalue weighted by molar-refractivity contribution is 5.44. The molecule has 2 rings (SSSR count). The first kappa shape index (κ1) is 14.2. The molecule has 0 saturated carbocycles. The molecule has 1 aromatic rings. The van der Waals surface area contributed by atoms with Crippen LogP contribution < -0.4 is 15.2 Å². The maximum absolute atomic E-state index is 6.35. The van der Waals surface area contributed by atoms with Gasteiger partial charge in [0.25, 0.3) is 0 Å². The maximum Gasteiger partial charge on any atom is 0.128 e. The van der Waals surface area contributed by atoms with Gasteiger partial charge in [0.1, 0.15) is 17.1 Å². The molecule has 1 atom stereocenters. The van der Waals surface area contributed by atoms with Crippen molar-refractivity contribution in [3.8, 4) is 11.5 Å². The van der Waals surface area contributed by atoms with Crippen molar-refractivity contribution in [1.29, 1.82) is 0 Å². The topological polar surface area (TPSA) is 44.5 Å².